The van der Waals surface area contributed by atoms with Crippen LogP contribution in [0.1, 0.15) is 31.0 Å². The predicted octanol–water partition coefficient (Wildman–Crippen LogP) is 2.43. The smallest absolute Gasteiger partial charge is 0.338 e. The number of methoxy groups -OCH3 is 2. The summed E-state index contributed by atoms with van der Waals surface area (Å²) in [6.07, 6.45) is 1.45. The molecule has 1 aliphatic rings. The van der Waals surface area contributed by atoms with E-state index in [0.717, 1.165) is 17.4 Å². The van der Waals surface area contributed by atoms with Crippen LogP contribution < -0.4 is 24.4 Å². The van der Waals surface area contributed by atoms with Crippen LogP contribution in [0.3, 0.4) is 0 Å². The van der Waals surface area contributed by atoms with E-state index in [1.165, 1.54) is 30.9 Å². The largest absolute Gasteiger partial charge is 0.500 e. The maximum absolute atomic E-state index is 13.7. The minimum atomic E-state index is -0.813. The lowest BCUT2D eigenvalue weighted by atomic mass is 9.96. The van der Waals surface area contributed by atoms with Gasteiger partial charge in [0.25, 0.3) is 5.56 Å². The first kappa shape index (κ1) is 25.6. The van der Waals surface area contributed by atoms with Gasteiger partial charge in [-0.1, -0.05) is 23.5 Å². The molecule has 0 radical (unpaired) electrons. The molecule has 3 aromatic rings. The van der Waals surface area contributed by atoms with Crippen molar-refractivity contribution in [1.82, 2.24) is 4.57 Å². The maximum atomic E-state index is 13.7. The molecular formula is C25H23N3O8S. The zero-order chi connectivity index (χ0) is 26.9. The average Bonchev–Trinajstić information content (AvgIpc) is 3.18. The quantitative estimate of drug-likeness (QED) is 0.282. The number of esters is 1. The molecule has 1 N–H and O–H groups in total. The summed E-state index contributed by atoms with van der Waals surface area (Å²) in [7, 11) is 2.81. The van der Waals surface area contributed by atoms with Crippen LogP contribution in [0.5, 0.6) is 17.2 Å². The van der Waals surface area contributed by atoms with E-state index in [-0.39, 0.29) is 28.0 Å². The van der Waals surface area contributed by atoms with Crippen LogP contribution in [0.2, 0.25) is 0 Å². The average molecular weight is 526 g/mol. The number of allylic oxidation sites excluding steroid dienone is 1. The van der Waals surface area contributed by atoms with Crippen molar-refractivity contribution < 1.29 is 29.0 Å². The van der Waals surface area contributed by atoms with Crippen molar-refractivity contribution in [3.8, 4) is 17.2 Å². The van der Waals surface area contributed by atoms with Gasteiger partial charge in [-0.3, -0.25) is 19.5 Å². The number of aromatic hydroxyl groups is 1. The van der Waals surface area contributed by atoms with E-state index in [2.05, 4.69) is 4.99 Å². The lowest BCUT2D eigenvalue weighted by molar-refractivity contribution is -0.386. The molecule has 0 saturated carbocycles. The van der Waals surface area contributed by atoms with E-state index in [1.807, 2.05) is 0 Å². The molecule has 4 rings (SSSR count). The number of nitro benzene ring substituents is 1. The fourth-order valence-electron chi connectivity index (χ4n) is 4.04. The van der Waals surface area contributed by atoms with Crippen LogP contribution in [-0.2, 0) is 9.53 Å². The van der Waals surface area contributed by atoms with E-state index in [1.54, 1.807) is 38.1 Å². The molecule has 0 spiro atoms. The SMILES string of the molecule is CCOC(=O)C1=C(C)N=c2sc(=Cc3cc(OC)c(O)c([N+](=O)[O-])c3)c(=O)n2C1c1ccc(OC)cc1. The van der Waals surface area contributed by atoms with Gasteiger partial charge in [-0.2, -0.15) is 0 Å². The molecule has 192 valence electrons. The van der Waals surface area contributed by atoms with Crippen LogP contribution in [-0.4, -0.2) is 41.4 Å². The molecule has 11 nitrogen and oxygen atoms in total. The molecule has 2 heterocycles. The molecule has 1 aliphatic heterocycles. The van der Waals surface area contributed by atoms with Crippen LogP contribution in [0.15, 0.2) is 57.5 Å². The van der Waals surface area contributed by atoms with Gasteiger partial charge in [0.15, 0.2) is 10.6 Å². The molecule has 1 unspecified atom stereocenters. The molecule has 12 heteroatoms. The summed E-state index contributed by atoms with van der Waals surface area (Å²) in [6, 6.07) is 8.69. The second-order valence-electron chi connectivity index (χ2n) is 7.92. The van der Waals surface area contributed by atoms with Crippen molar-refractivity contribution >= 4 is 29.1 Å². The molecule has 1 atom stereocenters. The maximum Gasteiger partial charge on any atom is 0.338 e. The Morgan fingerprint density at radius 3 is 2.54 bits per heavy atom. The number of benzene rings is 2. The summed E-state index contributed by atoms with van der Waals surface area (Å²) in [4.78, 5) is 42.1. The fourth-order valence-corrected chi connectivity index (χ4v) is 5.08. The molecular weight excluding hydrogens is 502 g/mol. The Morgan fingerprint density at radius 2 is 1.95 bits per heavy atom. The zero-order valence-electron chi connectivity index (χ0n) is 20.4. The Kier molecular flexibility index (Phi) is 7.11. The lowest BCUT2D eigenvalue weighted by Gasteiger charge is -2.24. The van der Waals surface area contributed by atoms with Gasteiger partial charge in [0.2, 0.25) is 5.75 Å². The fraction of sp³-hybridized carbons (Fsp3) is 0.240. The topological polar surface area (TPSA) is 142 Å². The number of nitro groups is 1. The number of rotatable bonds is 7. The van der Waals surface area contributed by atoms with Crippen molar-refractivity contribution in [2.24, 2.45) is 4.99 Å². The number of phenolic OH excluding ortho intramolecular Hbond substituents is 1. The first-order valence-corrected chi connectivity index (χ1v) is 11.9. The van der Waals surface area contributed by atoms with Crippen molar-refractivity contribution in [3.05, 3.63) is 88.6 Å². The number of fused-ring (bicyclic) bond motifs is 1. The summed E-state index contributed by atoms with van der Waals surface area (Å²) in [5.74, 6) is -0.694. The molecule has 2 aromatic carbocycles. The number of aromatic nitrogens is 1. The summed E-state index contributed by atoms with van der Waals surface area (Å²) < 4.78 is 17.2. The van der Waals surface area contributed by atoms with Gasteiger partial charge in [0, 0.05) is 6.07 Å². The second kappa shape index (κ2) is 10.3. The third kappa shape index (κ3) is 4.70. The van der Waals surface area contributed by atoms with Crippen molar-refractivity contribution in [2.75, 3.05) is 20.8 Å². The van der Waals surface area contributed by atoms with Crippen LogP contribution in [0.4, 0.5) is 5.69 Å². The van der Waals surface area contributed by atoms with Gasteiger partial charge in [-0.05, 0) is 49.2 Å². The Labute approximate surface area is 214 Å². The molecule has 0 fully saturated rings. The minimum absolute atomic E-state index is 0.107. The predicted molar refractivity (Wildman–Crippen MR) is 135 cm³/mol. The summed E-state index contributed by atoms with van der Waals surface area (Å²) in [6.45, 7) is 3.52. The highest BCUT2D eigenvalue weighted by molar-refractivity contribution is 7.07. The molecule has 37 heavy (non-hydrogen) atoms. The van der Waals surface area contributed by atoms with Crippen LogP contribution >= 0.6 is 11.3 Å². The standard InChI is InChI=1S/C25H23N3O8S/c1-5-36-24(31)20-13(2)26-25-27(21(20)15-6-8-16(34-3)9-7-15)23(30)19(37-25)12-14-10-17(28(32)33)22(29)18(11-14)35-4/h6-12,21,29H,5H2,1-4H3. The van der Waals surface area contributed by atoms with Gasteiger partial charge >= 0.3 is 11.7 Å². The Balaban J connectivity index is 1.95. The highest BCUT2D eigenvalue weighted by atomic mass is 32.1. The monoisotopic (exact) mass is 525 g/mol. The number of ether oxygens (including phenoxy) is 3. The summed E-state index contributed by atoms with van der Waals surface area (Å²) in [5.41, 5.74) is 0.548. The zero-order valence-corrected chi connectivity index (χ0v) is 21.2. The number of thiazole rings is 1. The Hall–Kier alpha value is -4.45. The highest BCUT2D eigenvalue weighted by Gasteiger charge is 2.33. The number of carbonyl (C=O) groups is 1. The van der Waals surface area contributed by atoms with E-state index < -0.39 is 33.9 Å². The highest BCUT2D eigenvalue weighted by Crippen LogP contribution is 2.37. The lowest BCUT2D eigenvalue weighted by Crippen LogP contribution is -2.39. The molecule has 0 amide bonds. The Bertz CT molecular complexity index is 1600. The third-order valence-corrected chi connectivity index (χ3v) is 6.72. The first-order chi connectivity index (χ1) is 17.7. The molecule has 0 bridgehead atoms. The van der Waals surface area contributed by atoms with Gasteiger partial charge in [0.1, 0.15) is 5.75 Å². The summed E-state index contributed by atoms with van der Waals surface area (Å²) >= 11 is 1.07. The van der Waals surface area contributed by atoms with Crippen LogP contribution in [0.25, 0.3) is 6.08 Å². The van der Waals surface area contributed by atoms with E-state index in [4.69, 9.17) is 14.2 Å². The minimum Gasteiger partial charge on any atom is -0.500 e. The van der Waals surface area contributed by atoms with Crippen molar-refractivity contribution in [3.63, 3.8) is 0 Å². The van der Waals surface area contributed by atoms with Gasteiger partial charge in [-0.15, -0.1) is 0 Å². The van der Waals surface area contributed by atoms with Crippen molar-refractivity contribution in [1.29, 1.82) is 0 Å². The molecule has 0 aliphatic carbocycles. The van der Waals surface area contributed by atoms with E-state index in [9.17, 15) is 24.8 Å². The van der Waals surface area contributed by atoms with Gasteiger partial charge < -0.3 is 19.3 Å². The number of hydrogen-bond acceptors (Lipinski definition) is 10. The number of phenols is 1. The van der Waals surface area contributed by atoms with E-state index in [0.29, 0.717) is 21.8 Å². The van der Waals surface area contributed by atoms with Crippen molar-refractivity contribution in [2.45, 2.75) is 19.9 Å². The van der Waals surface area contributed by atoms with Gasteiger partial charge in [0.05, 0.1) is 47.6 Å². The number of hydrogen-bond donors (Lipinski definition) is 1. The summed E-state index contributed by atoms with van der Waals surface area (Å²) in [5, 5.41) is 21.5. The van der Waals surface area contributed by atoms with E-state index >= 15 is 0 Å². The number of nitrogens with zero attached hydrogens (tertiary/aromatic N) is 3. The second-order valence-corrected chi connectivity index (χ2v) is 8.93. The van der Waals surface area contributed by atoms with Crippen LogP contribution in [0, 0.1) is 10.1 Å². The van der Waals surface area contributed by atoms with Gasteiger partial charge in [-0.25, -0.2) is 9.79 Å². The third-order valence-electron chi connectivity index (χ3n) is 5.74. The molecule has 0 saturated heterocycles. The normalized spacial score (nSPS) is 15.1. The molecule has 1 aromatic heterocycles. The number of carbonyl (C=O) groups excluding carboxylic acids is 1. The Morgan fingerprint density at radius 1 is 1.24 bits per heavy atom. The first-order valence-electron chi connectivity index (χ1n) is 11.1.